The summed E-state index contributed by atoms with van der Waals surface area (Å²) in [4.78, 5) is 19.3. The van der Waals surface area contributed by atoms with Crippen LogP contribution < -0.4 is 0 Å². The number of carbonyl (C=O) groups is 1. The van der Waals surface area contributed by atoms with Crippen molar-refractivity contribution in [1.82, 2.24) is 9.97 Å². The van der Waals surface area contributed by atoms with E-state index >= 15 is 0 Å². The molecule has 0 amide bonds. The standard InChI is InChI=1S/2C15H11N.C5H8O2.Ir/c2*1-2-6-12(7-3-1)15-11-10-13-8-4-5-9-14(13)16-15;1-4(6)3-5(2)7;/h2*1-11H;3,6H,1-2H3;/b;;4-3-;. The summed E-state index contributed by atoms with van der Waals surface area (Å²) >= 11 is 0. The van der Waals surface area contributed by atoms with E-state index in [9.17, 15) is 4.79 Å². The fraction of sp³-hybridized carbons (Fsp3) is 0.0571. The van der Waals surface area contributed by atoms with Crippen molar-refractivity contribution in [3.63, 3.8) is 0 Å². The van der Waals surface area contributed by atoms with E-state index in [1.165, 1.54) is 30.7 Å². The molecule has 4 aromatic carbocycles. The number of carbonyl (C=O) groups excluding carboxylic acids is 1. The van der Waals surface area contributed by atoms with Crippen molar-refractivity contribution in [2.24, 2.45) is 0 Å². The van der Waals surface area contributed by atoms with Gasteiger partial charge in [0.2, 0.25) is 0 Å². The van der Waals surface area contributed by atoms with Gasteiger partial charge in [0.1, 0.15) is 0 Å². The van der Waals surface area contributed by atoms with Crippen LogP contribution in [-0.2, 0) is 24.9 Å². The molecule has 2 heterocycles. The van der Waals surface area contributed by atoms with Crippen molar-refractivity contribution in [1.29, 1.82) is 0 Å². The first-order valence-corrected chi connectivity index (χ1v) is 12.7. The Labute approximate surface area is 248 Å². The third kappa shape index (κ3) is 8.81. The third-order valence-electron chi connectivity index (χ3n) is 5.75. The van der Waals surface area contributed by atoms with E-state index in [0.717, 1.165) is 33.5 Å². The zero-order chi connectivity index (χ0) is 27.5. The molecule has 0 fully saturated rings. The first-order valence-electron chi connectivity index (χ1n) is 12.7. The molecule has 0 bridgehead atoms. The van der Waals surface area contributed by atoms with Crippen LogP contribution in [0.3, 0.4) is 0 Å². The van der Waals surface area contributed by atoms with Crippen LogP contribution >= 0.6 is 0 Å². The van der Waals surface area contributed by atoms with Gasteiger partial charge in [-0.2, -0.15) is 0 Å². The van der Waals surface area contributed by atoms with Crippen LogP contribution in [0.25, 0.3) is 44.3 Å². The summed E-state index contributed by atoms with van der Waals surface area (Å²) in [6.45, 7) is 2.85. The van der Waals surface area contributed by atoms with Crippen molar-refractivity contribution in [2.45, 2.75) is 13.8 Å². The van der Waals surface area contributed by atoms with Crippen LogP contribution in [0.1, 0.15) is 13.8 Å². The minimum absolute atomic E-state index is 0. The van der Waals surface area contributed by atoms with Crippen LogP contribution in [0.4, 0.5) is 0 Å². The summed E-state index contributed by atoms with van der Waals surface area (Å²) in [6.07, 6.45) is 1.17. The average molecular weight is 703 g/mol. The summed E-state index contributed by atoms with van der Waals surface area (Å²) in [5.41, 5.74) is 6.47. The molecule has 6 rings (SSSR count). The van der Waals surface area contributed by atoms with E-state index in [1.54, 1.807) is 0 Å². The summed E-state index contributed by atoms with van der Waals surface area (Å²) in [7, 11) is 0. The molecule has 201 valence electrons. The Bertz CT molecular complexity index is 1580. The number of allylic oxidation sites excluding steroid dienone is 2. The third-order valence-corrected chi connectivity index (χ3v) is 5.75. The molecule has 5 heteroatoms. The smallest absolute Gasteiger partial charge is 0.155 e. The number of hydrogen-bond donors (Lipinski definition) is 1. The van der Waals surface area contributed by atoms with Crippen molar-refractivity contribution in [3.8, 4) is 22.5 Å². The van der Waals surface area contributed by atoms with E-state index in [0.29, 0.717) is 0 Å². The number of fused-ring (bicyclic) bond motifs is 2. The molecule has 0 aliphatic rings. The van der Waals surface area contributed by atoms with Crippen molar-refractivity contribution < 1.29 is 30.0 Å². The number of benzene rings is 4. The zero-order valence-electron chi connectivity index (χ0n) is 22.4. The Balaban J connectivity index is 0.000000177. The largest absolute Gasteiger partial charge is 0.512 e. The summed E-state index contributed by atoms with van der Waals surface area (Å²) < 4.78 is 0. The van der Waals surface area contributed by atoms with Crippen molar-refractivity contribution in [3.05, 3.63) is 145 Å². The molecular formula is C35H30IrN2O2. The molecule has 0 atom stereocenters. The van der Waals surface area contributed by atoms with E-state index in [2.05, 4.69) is 70.6 Å². The number of nitrogens with zero attached hydrogens (tertiary/aromatic N) is 2. The van der Waals surface area contributed by atoms with E-state index < -0.39 is 0 Å². The van der Waals surface area contributed by atoms with Gasteiger partial charge in [-0.15, -0.1) is 0 Å². The molecule has 6 aromatic rings. The fourth-order valence-corrected chi connectivity index (χ4v) is 3.97. The maximum absolute atomic E-state index is 10.0. The molecular weight excluding hydrogens is 673 g/mol. The van der Waals surface area contributed by atoms with Gasteiger partial charge in [-0.25, -0.2) is 9.97 Å². The van der Waals surface area contributed by atoms with Gasteiger partial charge >= 0.3 is 0 Å². The predicted octanol–water partition coefficient (Wildman–Crippen LogP) is 8.84. The number of aliphatic hydroxyl groups excluding tert-OH is 1. The first kappa shape index (κ1) is 30.1. The number of rotatable bonds is 3. The number of aromatic nitrogens is 2. The Morgan fingerprint density at radius 1 is 0.550 bits per heavy atom. The minimum atomic E-state index is -0.125. The quantitative estimate of drug-likeness (QED) is 0.148. The number of para-hydroxylation sites is 2. The second-order valence-electron chi connectivity index (χ2n) is 8.91. The molecule has 40 heavy (non-hydrogen) atoms. The molecule has 1 radical (unpaired) electrons. The van der Waals surface area contributed by atoms with Gasteiger partial charge in [0.15, 0.2) is 5.78 Å². The molecule has 2 aromatic heterocycles. The molecule has 0 aliphatic carbocycles. The maximum atomic E-state index is 10.0. The Hall–Kier alpha value is -4.44. The fourth-order valence-electron chi connectivity index (χ4n) is 3.97. The van der Waals surface area contributed by atoms with Crippen LogP contribution in [-0.4, -0.2) is 20.9 Å². The topological polar surface area (TPSA) is 63.1 Å². The van der Waals surface area contributed by atoms with Gasteiger partial charge in [-0.3, -0.25) is 4.79 Å². The van der Waals surface area contributed by atoms with E-state index in [-0.39, 0.29) is 31.6 Å². The predicted molar refractivity (Wildman–Crippen MR) is 161 cm³/mol. The van der Waals surface area contributed by atoms with Crippen molar-refractivity contribution >= 4 is 27.6 Å². The summed E-state index contributed by atoms with van der Waals surface area (Å²) in [5.74, 6) is -0.0625. The van der Waals surface area contributed by atoms with Gasteiger partial charge in [0.05, 0.1) is 28.2 Å². The molecule has 0 unspecified atom stereocenters. The van der Waals surface area contributed by atoms with Gasteiger partial charge < -0.3 is 5.11 Å². The second kappa shape index (κ2) is 15.2. The van der Waals surface area contributed by atoms with Crippen LogP contribution in [0, 0.1) is 0 Å². The van der Waals surface area contributed by atoms with Crippen LogP contribution in [0.5, 0.6) is 0 Å². The van der Waals surface area contributed by atoms with Gasteiger partial charge in [-0.05, 0) is 38.1 Å². The molecule has 1 N–H and O–H groups in total. The second-order valence-corrected chi connectivity index (χ2v) is 8.91. The Morgan fingerprint density at radius 3 is 1.27 bits per heavy atom. The maximum Gasteiger partial charge on any atom is 0.155 e. The number of hydrogen-bond acceptors (Lipinski definition) is 4. The van der Waals surface area contributed by atoms with Crippen LogP contribution in [0.2, 0.25) is 0 Å². The van der Waals surface area contributed by atoms with Gasteiger partial charge in [-0.1, -0.05) is 109 Å². The Kier molecular flexibility index (Phi) is 11.5. The molecule has 0 saturated heterocycles. The SMILES string of the molecule is CC(=O)/C=C(/C)O.[Ir].c1ccc(-c2ccc3ccccc3n2)cc1.c1ccc(-c2ccc3ccccc3n2)cc1. The van der Waals surface area contributed by atoms with Crippen molar-refractivity contribution in [2.75, 3.05) is 0 Å². The Morgan fingerprint density at radius 2 is 0.925 bits per heavy atom. The van der Waals surface area contributed by atoms with Gasteiger partial charge in [0.25, 0.3) is 0 Å². The first-order chi connectivity index (χ1) is 19.0. The van der Waals surface area contributed by atoms with Crippen LogP contribution in [0.15, 0.2) is 145 Å². The monoisotopic (exact) mass is 703 g/mol. The molecule has 0 saturated carbocycles. The summed E-state index contributed by atoms with van der Waals surface area (Å²) in [6, 6.07) is 45.2. The normalized spacial score (nSPS) is 10.4. The average Bonchev–Trinajstić information content (AvgIpc) is 2.97. The number of aliphatic hydroxyl groups is 1. The van der Waals surface area contributed by atoms with E-state index in [1.807, 2.05) is 72.8 Å². The number of pyridine rings is 2. The molecule has 0 spiro atoms. The molecule has 4 nitrogen and oxygen atoms in total. The van der Waals surface area contributed by atoms with E-state index in [4.69, 9.17) is 5.11 Å². The minimum Gasteiger partial charge on any atom is -0.512 e. The zero-order valence-corrected chi connectivity index (χ0v) is 24.8. The summed E-state index contributed by atoms with van der Waals surface area (Å²) in [5, 5.41) is 10.7. The molecule has 0 aliphatic heterocycles. The number of ketones is 1. The van der Waals surface area contributed by atoms with Gasteiger partial charge in [0, 0.05) is 48.1 Å².